The highest BCUT2D eigenvalue weighted by Crippen LogP contribution is 2.34. The van der Waals surface area contributed by atoms with Crippen LogP contribution in [0.2, 0.25) is 5.15 Å². The molecule has 1 atom stereocenters. The standard InChI is InChI=1S/C26H19ClF2N6O2/c1-12-5-16(13(2)31-19-3-4-22(27)33-24(19)26(36)37)23-20(6-12)32-21(9-30)25(34-23)35-10-14-7-17(28)18(29)8-15(14)11-35/h3-8,13,31H,10-11H2,1-2H3,(H,36,37)/t13-/m1/s1. The van der Waals surface area contributed by atoms with Gasteiger partial charge in [0.05, 0.1) is 22.8 Å². The lowest BCUT2D eigenvalue weighted by molar-refractivity contribution is 0.0691. The van der Waals surface area contributed by atoms with Crippen molar-refractivity contribution in [2.45, 2.75) is 33.0 Å². The number of anilines is 2. The van der Waals surface area contributed by atoms with Gasteiger partial charge in [0.1, 0.15) is 11.2 Å². The van der Waals surface area contributed by atoms with Gasteiger partial charge in [-0.05, 0) is 60.9 Å². The summed E-state index contributed by atoms with van der Waals surface area (Å²) in [6, 6.07) is 10.7. The quantitative estimate of drug-likeness (QED) is 0.330. The molecule has 5 rings (SSSR count). The summed E-state index contributed by atoms with van der Waals surface area (Å²) in [6.45, 7) is 4.21. The molecule has 0 unspecified atom stereocenters. The second kappa shape index (κ2) is 9.26. The van der Waals surface area contributed by atoms with Crippen LogP contribution in [0.25, 0.3) is 11.0 Å². The molecule has 0 saturated heterocycles. The summed E-state index contributed by atoms with van der Waals surface area (Å²) in [7, 11) is 0. The maximum atomic E-state index is 13.8. The highest BCUT2D eigenvalue weighted by atomic mass is 35.5. The van der Waals surface area contributed by atoms with E-state index in [2.05, 4.69) is 21.4 Å². The molecule has 8 nitrogen and oxygen atoms in total. The molecule has 0 bridgehead atoms. The Morgan fingerprint density at radius 1 is 1.14 bits per heavy atom. The second-order valence-corrected chi connectivity index (χ2v) is 9.21. The highest BCUT2D eigenvalue weighted by molar-refractivity contribution is 6.29. The van der Waals surface area contributed by atoms with E-state index in [0.29, 0.717) is 33.5 Å². The van der Waals surface area contributed by atoms with Crippen LogP contribution in [0, 0.1) is 29.9 Å². The Kier molecular flexibility index (Phi) is 6.09. The number of hydrogen-bond donors (Lipinski definition) is 2. The summed E-state index contributed by atoms with van der Waals surface area (Å²) in [4.78, 5) is 26.7. The summed E-state index contributed by atoms with van der Waals surface area (Å²) in [5, 5.41) is 22.6. The third-order valence-corrected chi connectivity index (χ3v) is 6.41. The van der Waals surface area contributed by atoms with Crippen molar-refractivity contribution in [3.63, 3.8) is 0 Å². The Balaban J connectivity index is 1.58. The number of halogens is 3. The van der Waals surface area contributed by atoms with Crippen molar-refractivity contribution in [1.82, 2.24) is 15.0 Å². The van der Waals surface area contributed by atoms with Crippen LogP contribution in [-0.4, -0.2) is 26.0 Å². The molecule has 2 aromatic heterocycles. The van der Waals surface area contributed by atoms with Crippen LogP contribution in [0.15, 0.2) is 36.4 Å². The first-order valence-electron chi connectivity index (χ1n) is 11.2. The maximum Gasteiger partial charge on any atom is 0.356 e. The monoisotopic (exact) mass is 520 g/mol. The molecular weight excluding hydrogens is 502 g/mol. The Hall–Kier alpha value is -4.36. The predicted octanol–water partition coefficient (Wildman–Crippen LogP) is 5.53. The Bertz CT molecular complexity index is 1610. The fourth-order valence-electron chi connectivity index (χ4n) is 4.52. The molecule has 1 aliphatic rings. The molecule has 1 aliphatic heterocycles. The zero-order valence-corrected chi connectivity index (χ0v) is 20.4. The van der Waals surface area contributed by atoms with E-state index in [1.165, 1.54) is 12.1 Å². The summed E-state index contributed by atoms with van der Waals surface area (Å²) in [5.74, 6) is -2.79. The number of fused-ring (bicyclic) bond motifs is 2. The van der Waals surface area contributed by atoms with E-state index in [1.54, 1.807) is 11.0 Å². The van der Waals surface area contributed by atoms with Crippen LogP contribution in [0.3, 0.4) is 0 Å². The number of aromatic nitrogens is 3. The zero-order chi connectivity index (χ0) is 26.4. The van der Waals surface area contributed by atoms with Crippen molar-refractivity contribution in [2.24, 2.45) is 0 Å². The molecule has 186 valence electrons. The van der Waals surface area contributed by atoms with E-state index in [-0.39, 0.29) is 35.3 Å². The molecule has 37 heavy (non-hydrogen) atoms. The SMILES string of the molecule is Cc1cc([C@@H](C)Nc2ccc(Cl)nc2C(=O)O)c2nc(N3Cc4cc(F)c(F)cc4C3)c(C#N)nc2c1. The number of hydrogen-bond acceptors (Lipinski definition) is 7. The summed E-state index contributed by atoms with van der Waals surface area (Å²) in [6.07, 6.45) is 0. The van der Waals surface area contributed by atoms with Crippen molar-refractivity contribution in [3.05, 3.63) is 86.8 Å². The van der Waals surface area contributed by atoms with Crippen molar-refractivity contribution >= 4 is 40.1 Å². The molecule has 0 amide bonds. The lowest BCUT2D eigenvalue weighted by Gasteiger charge is -2.21. The van der Waals surface area contributed by atoms with E-state index in [4.69, 9.17) is 16.6 Å². The minimum Gasteiger partial charge on any atom is -0.476 e. The van der Waals surface area contributed by atoms with E-state index in [0.717, 1.165) is 17.7 Å². The number of rotatable bonds is 5. The van der Waals surface area contributed by atoms with Gasteiger partial charge in [0.15, 0.2) is 28.8 Å². The van der Waals surface area contributed by atoms with Gasteiger partial charge in [0.25, 0.3) is 0 Å². The van der Waals surface area contributed by atoms with Crippen LogP contribution in [0.4, 0.5) is 20.3 Å². The first-order chi connectivity index (χ1) is 17.6. The van der Waals surface area contributed by atoms with Gasteiger partial charge < -0.3 is 15.3 Å². The number of nitriles is 1. The third kappa shape index (κ3) is 4.49. The van der Waals surface area contributed by atoms with E-state index < -0.39 is 23.6 Å². The predicted molar refractivity (Wildman–Crippen MR) is 133 cm³/mol. The van der Waals surface area contributed by atoms with Crippen LogP contribution >= 0.6 is 11.6 Å². The number of pyridine rings is 1. The number of carboxylic acids is 1. The van der Waals surface area contributed by atoms with E-state index in [9.17, 15) is 23.9 Å². The fourth-order valence-corrected chi connectivity index (χ4v) is 4.66. The normalized spacial score (nSPS) is 13.4. The van der Waals surface area contributed by atoms with Gasteiger partial charge in [-0.1, -0.05) is 17.7 Å². The number of nitrogens with one attached hydrogen (secondary N) is 1. The molecule has 11 heteroatoms. The highest BCUT2D eigenvalue weighted by Gasteiger charge is 2.27. The molecule has 2 aromatic carbocycles. The second-order valence-electron chi connectivity index (χ2n) is 8.82. The lowest BCUT2D eigenvalue weighted by Crippen LogP contribution is -2.19. The number of aryl methyl sites for hydroxylation is 1. The largest absolute Gasteiger partial charge is 0.476 e. The molecule has 0 spiro atoms. The van der Waals surface area contributed by atoms with Crippen molar-refractivity contribution in [3.8, 4) is 6.07 Å². The summed E-state index contributed by atoms with van der Waals surface area (Å²) < 4.78 is 27.6. The Morgan fingerprint density at radius 3 is 2.43 bits per heavy atom. The number of carboxylic acid groups (broad SMARTS) is 1. The maximum absolute atomic E-state index is 13.8. The van der Waals surface area contributed by atoms with Gasteiger partial charge in [0, 0.05) is 18.7 Å². The van der Waals surface area contributed by atoms with Crippen molar-refractivity contribution < 1.29 is 18.7 Å². The van der Waals surface area contributed by atoms with Gasteiger partial charge in [-0.25, -0.2) is 28.5 Å². The molecule has 0 saturated carbocycles. The van der Waals surface area contributed by atoms with Gasteiger partial charge in [-0.15, -0.1) is 0 Å². The smallest absolute Gasteiger partial charge is 0.356 e. The molecule has 2 N–H and O–H groups in total. The first kappa shape index (κ1) is 24.3. The number of carbonyl (C=O) groups is 1. The number of nitrogens with zero attached hydrogens (tertiary/aromatic N) is 5. The lowest BCUT2D eigenvalue weighted by atomic mass is 10.0. The van der Waals surface area contributed by atoms with Crippen LogP contribution in [0.5, 0.6) is 0 Å². The number of benzene rings is 2. The molecule has 0 radical (unpaired) electrons. The minimum absolute atomic E-state index is 0.0579. The Morgan fingerprint density at radius 2 is 1.81 bits per heavy atom. The average molecular weight is 521 g/mol. The molecule has 3 heterocycles. The molecule has 0 fully saturated rings. The minimum atomic E-state index is -1.23. The number of aromatic carboxylic acids is 1. The van der Waals surface area contributed by atoms with Crippen molar-refractivity contribution in [1.29, 1.82) is 5.26 Å². The topological polar surface area (TPSA) is 115 Å². The summed E-state index contributed by atoms with van der Waals surface area (Å²) >= 11 is 5.88. The molecule has 0 aliphatic carbocycles. The average Bonchev–Trinajstić information content (AvgIpc) is 3.26. The van der Waals surface area contributed by atoms with E-state index in [1.807, 2.05) is 19.9 Å². The van der Waals surface area contributed by atoms with Crippen LogP contribution in [-0.2, 0) is 13.1 Å². The molecule has 4 aromatic rings. The van der Waals surface area contributed by atoms with E-state index >= 15 is 0 Å². The van der Waals surface area contributed by atoms with Gasteiger partial charge in [-0.2, -0.15) is 5.26 Å². The molecular formula is C26H19ClF2N6O2. The zero-order valence-electron chi connectivity index (χ0n) is 19.7. The van der Waals surface area contributed by atoms with Crippen molar-refractivity contribution in [2.75, 3.05) is 10.2 Å². The third-order valence-electron chi connectivity index (χ3n) is 6.20. The Labute approximate surface area is 215 Å². The summed E-state index contributed by atoms with van der Waals surface area (Å²) in [5.41, 5.74) is 3.96. The van der Waals surface area contributed by atoms with Gasteiger partial charge in [-0.3, -0.25) is 0 Å². The van der Waals surface area contributed by atoms with Gasteiger partial charge in [0.2, 0.25) is 0 Å². The first-order valence-corrected chi connectivity index (χ1v) is 11.6. The van der Waals surface area contributed by atoms with Crippen LogP contribution in [0.1, 0.15) is 51.4 Å². The van der Waals surface area contributed by atoms with Gasteiger partial charge >= 0.3 is 5.97 Å². The fraction of sp³-hybridized carbons (Fsp3) is 0.192. The van der Waals surface area contributed by atoms with Crippen LogP contribution < -0.4 is 10.2 Å².